The minimum atomic E-state index is -2.34. The van der Waals surface area contributed by atoms with Crippen LogP contribution in [0.25, 0.3) is 0 Å². The van der Waals surface area contributed by atoms with E-state index in [-0.39, 0.29) is 0 Å². The van der Waals surface area contributed by atoms with Crippen LogP contribution >= 0.6 is 0 Å². The number of unbranched alkanes of at least 4 members (excludes halogenated alkanes) is 2. The Bertz CT molecular complexity index is 170. The van der Waals surface area contributed by atoms with Crippen LogP contribution in [-0.4, -0.2) is 43.3 Å². The van der Waals surface area contributed by atoms with E-state index >= 15 is 0 Å². The van der Waals surface area contributed by atoms with Crippen LogP contribution in [-0.2, 0) is 18.0 Å². The van der Waals surface area contributed by atoms with Crippen LogP contribution < -0.4 is 0 Å². The molecule has 0 N–H and O–H groups in total. The third-order valence-electron chi connectivity index (χ3n) is 2.57. The molecule has 0 unspecified atom stereocenters. The molecule has 0 aliphatic rings. The van der Waals surface area contributed by atoms with E-state index in [9.17, 15) is 0 Å². The maximum absolute atomic E-state index is 5.28. The quantitative estimate of drug-likeness (QED) is 0.331. The van der Waals surface area contributed by atoms with E-state index in [1.54, 1.807) is 27.4 Å². The van der Waals surface area contributed by atoms with Crippen molar-refractivity contribution in [1.82, 2.24) is 0 Å². The molecule has 0 aliphatic heterocycles. The maximum Gasteiger partial charge on any atom is 0.504 e. The van der Waals surface area contributed by atoms with Crippen molar-refractivity contribution in [2.75, 3.05) is 34.5 Å². The zero-order chi connectivity index (χ0) is 15.0. The highest BCUT2D eigenvalue weighted by atomic mass is 28.4. The molecule has 4 nitrogen and oxygen atoms in total. The molecule has 116 valence electrons. The summed E-state index contributed by atoms with van der Waals surface area (Å²) in [4.78, 5) is 0. The van der Waals surface area contributed by atoms with E-state index in [1.807, 2.05) is 0 Å². The van der Waals surface area contributed by atoms with Gasteiger partial charge in [-0.1, -0.05) is 32.8 Å². The molecular formula is C14H32O4Si. The molecule has 0 amide bonds. The fourth-order valence-corrected chi connectivity index (χ4v) is 2.73. The summed E-state index contributed by atoms with van der Waals surface area (Å²) < 4.78 is 20.6. The molecule has 0 spiro atoms. The molecule has 0 aromatic heterocycles. The van der Waals surface area contributed by atoms with Crippen molar-refractivity contribution in [2.45, 2.75) is 45.6 Å². The van der Waals surface area contributed by atoms with Gasteiger partial charge in [0.25, 0.3) is 0 Å². The number of hydrogen-bond donors (Lipinski definition) is 0. The molecule has 0 atom stereocenters. The Morgan fingerprint density at radius 1 is 0.895 bits per heavy atom. The van der Waals surface area contributed by atoms with Crippen molar-refractivity contribution >= 4 is 8.80 Å². The second kappa shape index (κ2) is 15.9. The van der Waals surface area contributed by atoms with Crippen LogP contribution in [0.2, 0.25) is 6.04 Å². The fraction of sp³-hybridized carbons (Fsp3) is 0.857. The molecule has 0 fully saturated rings. The van der Waals surface area contributed by atoms with Crippen LogP contribution in [0.4, 0.5) is 0 Å². The third-order valence-corrected chi connectivity index (χ3v) is 5.22. The maximum atomic E-state index is 5.28. The lowest BCUT2D eigenvalue weighted by molar-refractivity contribution is 0.127. The Kier molecular flexibility index (Phi) is 17.6. The first kappa shape index (κ1) is 21.1. The standard InChI is InChI=1S/C8H18O.C6H14O3Si/c1-3-5-6-8-9-7-4-2;1-5-6-10(7-2,8-3)9-4/h3-8H2,1-2H3;5H,1,6H2,2-4H3. The van der Waals surface area contributed by atoms with Crippen LogP contribution in [0.3, 0.4) is 0 Å². The molecule has 0 aromatic rings. The largest absolute Gasteiger partial charge is 0.504 e. The molecule has 5 heteroatoms. The minimum absolute atomic E-state index is 0.649. The minimum Gasteiger partial charge on any atom is -0.381 e. The summed E-state index contributed by atoms with van der Waals surface area (Å²) >= 11 is 0. The molecule has 0 saturated carbocycles. The molecule has 0 rings (SSSR count). The summed E-state index contributed by atoms with van der Waals surface area (Å²) in [6.07, 6.45) is 6.71. The highest BCUT2D eigenvalue weighted by Crippen LogP contribution is 2.11. The van der Waals surface area contributed by atoms with Gasteiger partial charge < -0.3 is 18.0 Å². The number of hydrogen-bond acceptors (Lipinski definition) is 4. The Morgan fingerprint density at radius 3 is 1.79 bits per heavy atom. The fourth-order valence-electron chi connectivity index (χ4n) is 1.38. The van der Waals surface area contributed by atoms with Crippen molar-refractivity contribution in [2.24, 2.45) is 0 Å². The molecule has 0 aliphatic carbocycles. The highest BCUT2D eigenvalue weighted by Gasteiger charge is 2.35. The summed E-state index contributed by atoms with van der Waals surface area (Å²) in [5, 5.41) is 0. The van der Waals surface area contributed by atoms with Gasteiger partial charge in [0.1, 0.15) is 0 Å². The van der Waals surface area contributed by atoms with Crippen molar-refractivity contribution in [3.63, 3.8) is 0 Å². The van der Waals surface area contributed by atoms with Gasteiger partial charge in [0, 0.05) is 40.6 Å². The van der Waals surface area contributed by atoms with Crippen LogP contribution in [0.15, 0.2) is 12.7 Å². The van der Waals surface area contributed by atoms with Gasteiger partial charge in [0.15, 0.2) is 0 Å². The second-order valence-corrected chi connectivity index (χ2v) is 7.11. The van der Waals surface area contributed by atoms with Crippen LogP contribution in [0.1, 0.15) is 39.5 Å². The van der Waals surface area contributed by atoms with Gasteiger partial charge in [-0.2, -0.15) is 0 Å². The zero-order valence-corrected chi connectivity index (χ0v) is 14.4. The van der Waals surface area contributed by atoms with Gasteiger partial charge in [0.05, 0.1) is 0 Å². The summed E-state index contributed by atoms with van der Waals surface area (Å²) in [6.45, 7) is 9.83. The van der Waals surface area contributed by atoms with E-state index in [0.717, 1.165) is 19.6 Å². The second-order valence-electron chi connectivity index (χ2n) is 4.11. The topological polar surface area (TPSA) is 36.9 Å². The van der Waals surface area contributed by atoms with Crippen molar-refractivity contribution in [3.05, 3.63) is 12.7 Å². The smallest absolute Gasteiger partial charge is 0.381 e. The van der Waals surface area contributed by atoms with E-state index in [0.29, 0.717) is 6.04 Å². The van der Waals surface area contributed by atoms with Gasteiger partial charge >= 0.3 is 8.80 Å². The lowest BCUT2D eigenvalue weighted by Crippen LogP contribution is -2.41. The van der Waals surface area contributed by atoms with E-state index in [2.05, 4.69) is 20.4 Å². The average molecular weight is 292 g/mol. The summed E-state index contributed by atoms with van der Waals surface area (Å²) in [7, 11) is 2.42. The molecule has 0 aromatic carbocycles. The summed E-state index contributed by atoms with van der Waals surface area (Å²) in [5.74, 6) is 0. The Hall–Kier alpha value is -0.203. The predicted octanol–water partition coefficient (Wildman–Crippen LogP) is 3.65. The predicted molar refractivity (Wildman–Crippen MR) is 82.4 cm³/mol. The Balaban J connectivity index is 0. The van der Waals surface area contributed by atoms with E-state index in [1.165, 1.54) is 19.3 Å². The van der Waals surface area contributed by atoms with Crippen molar-refractivity contribution in [1.29, 1.82) is 0 Å². The molecule has 0 saturated heterocycles. The number of ether oxygens (including phenoxy) is 1. The number of allylic oxidation sites excluding steroid dienone is 1. The van der Waals surface area contributed by atoms with Gasteiger partial charge in [-0.25, -0.2) is 0 Å². The average Bonchev–Trinajstić information content (AvgIpc) is 2.46. The van der Waals surface area contributed by atoms with Gasteiger partial charge in [-0.05, 0) is 12.8 Å². The molecule has 0 bridgehead atoms. The molecule has 19 heavy (non-hydrogen) atoms. The van der Waals surface area contributed by atoms with E-state index < -0.39 is 8.80 Å². The molecule has 0 heterocycles. The third kappa shape index (κ3) is 12.6. The van der Waals surface area contributed by atoms with Crippen molar-refractivity contribution < 1.29 is 18.0 Å². The summed E-state index contributed by atoms with van der Waals surface area (Å²) in [6, 6.07) is 0.649. The SMILES string of the molecule is C=CC[Si](OC)(OC)OC.CCCCCOCCC. The van der Waals surface area contributed by atoms with Crippen LogP contribution in [0.5, 0.6) is 0 Å². The Labute approximate surface area is 120 Å². The molecule has 0 radical (unpaired) electrons. The number of rotatable bonds is 11. The van der Waals surface area contributed by atoms with Crippen molar-refractivity contribution in [3.8, 4) is 0 Å². The van der Waals surface area contributed by atoms with Gasteiger partial charge in [0.2, 0.25) is 0 Å². The van der Waals surface area contributed by atoms with Gasteiger partial charge in [-0.15, -0.1) is 6.58 Å². The van der Waals surface area contributed by atoms with Crippen LogP contribution in [0, 0.1) is 0 Å². The zero-order valence-electron chi connectivity index (χ0n) is 13.4. The lowest BCUT2D eigenvalue weighted by Gasteiger charge is -2.22. The summed E-state index contributed by atoms with van der Waals surface area (Å²) in [5.41, 5.74) is 0. The van der Waals surface area contributed by atoms with Gasteiger partial charge in [-0.3, -0.25) is 0 Å². The molecular weight excluding hydrogens is 260 g/mol. The first-order chi connectivity index (χ1) is 9.16. The Morgan fingerprint density at radius 2 is 1.47 bits per heavy atom. The first-order valence-electron chi connectivity index (χ1n) is 7.00. The first-order valence-corrected chi connectivity index (χ1v) is 8.93. The highest BCUT2D eigenvalue weighted by molar-refractivity contribution is 6.61. The lowest BCUT2D eigenvalue weighted by atomic mass is 10.3. The monoisotopic (exact) mass is 292 g/mol. The normalized spacial score (nSPS) is 10.8. The van der Waals surface area contributed by atoms with E-state index in [4.69, 9.17) is 18.0 Å².